The first-order valence-corrected chi connectivity index (χ1v) is 5.69. The van der Waals surface area contributed by atoms with E-state index in [9.17, 15) is 8.78 Å². The summed E-state index contributed by atoms with van der Waals surface area (Å²) in [6.45, 7) is 6.68. The van der Waals surface area contributed by atoms with Crippen molar-refractivity contribution in [3.05, 3.63) is 0 Å². The van der Waals surface area contributed by atoms with Crippen molar-refractivity contribution in [3.63, 3.8) is 0 Å². The molecular weight excluding hydrogens is 182 g/mol. The van der Waals surface area contributed by atoms with Crippen molar-refractivity contribution in [1.29, 1.82) is 0 Å². The first kappa shape index (κ1) is 10.4. The summed E-state index contributed by atoms with van der Waals surface area (Å²) in [5.74, 6) is -1.71. The van der Waals surface area contributed by atoms with Crippen molar-refractivity contribution in [3.8, 4) is 0 Å². The average Bonchev–Trinajstić information content (AvgIpc) is 2.61. The first-order valence-electron chi connectivity index (χ1n) is 5.69. The molecule has 0 aromatic carbocycles. The quantitative estimate of drug-likeness (QED) is 0.596. The van der Waals surface area contributed by atoms with Crippen LogP contribution in [0.4, 0.5) is 8.78 Å². The van der Waals surface area contributed by atoms with Gasteiger partial charge >= 0.3 is 0 Å². The molecule has 0 aliphatic heterocycles. The number of hydrogen-bond acceptors (Lipinski definition) is 0. The molecule has 82 valence electrons. The van der Waals surface area contributed by atoms with Crippen molar-refractivity contribution in [2.45, 2.75) is 58.8 Å². The van der Waals surface area contributed by atoms with Gasteiger partial charge in [-0.1, -0.05) is 20.8 Å². The summed E-state index contributed by atoms with van der Waals surface area (Å²) in [4.78, 5) is 0. The topological polar surface area (TPSA) is 0 Å². The molecule has 0 bridgehead atoms. The minimum atomic E-state index is -2.33. The van der Waals surface area contributed by atoms with Gasteiger partial charge in [0.05, 0.1) is 0 Å². The largest absolute Gasteiger partial charge is 0.254 e. The molecule has 2 aliphatic rings. The van der Waals surface area contributed by atoms with E-state index in [-0.39, 0.29) is 6.42 Å². The van der Waals surface area contributed by atoms with E-state index >= 15 is 0 Å². The molecule has 2 aliphatic carbocycles. The summed E-state index contributed by atoms with van der Waals surface area (Å²) in [7, 11) is 0. The van der Waals surface area contributed by atoms with Crippen molar-refractivity contribution >= 4 is 0 Å². The molecule has 2 saturated carbocycles. The lowest BCUT2D eigenvalue weighted by Gasteiger charge is -2.40. The molecule has 0 radical (unpaired) electrons. The molecule has 0 N–H and O–H groups in total. The summed E-state index contributed by atoms with van der Waals surface area (Å²) in [6, 6.07) is 0. The Hall–Kier alpha value is -0.140. The monoisotopic (exact) mass is 202 g/mol. The second-order valence-electron chi connectivity index (χ2n) is 5.97. The van der Waals surface area contributed by atoms with Crippen LogP contribution < -0.4 is 0 Å². The van der Waals surface area contributed by atoms with Crippen LogP contribution in [0.25, 0.3) is 0 Å². The van der Waals surface area contributed by atoms with Crippen LogP contribution in [0.1, 0.15) is 52.9 Å². The lowest BCUT2D eigenvalue weighted by atomic mass is 9.64. The molecule has 0 atom stereocenters. The van der Waals surface area contributed by atoms with E-state index in [1.807, 2.05) is 0 Å². The minimum absolute atomic E-state index is 0.161. The fraction of sp³-hybridized carbons (Fsp3) is 1.00. The highest BCUT2D eigenvalue weighted by Gasteiger charge is 2.71. The molecule has 0 saturated heterocycles. The van der Waals surface area contributed by atoms with Crippen molar-refractivity contribution < 1.29 is 8.78 Å². The minimum Gasteiger partial charge on any atom is -0.206 e. The van der Waals surface area contributed by atoms with Gasteiger partial charge < -0.3 is 0 Å². The van der Waals surface area contributed by atoms with Crippen molar-refractivity contribution in [2.75, 3.05) is 0 Å². The molecule has 0 aromatic rings. The van der Waals surface area contributed by atoms with E-state index in [4.69, 9.17) is 0 Å². The van der Waals surface area contributed by atoms with Crippen LogP contribution in [0.5, 0.6) is 0 Å². The molecule has 1 spiro atoms. The maximum absolute atomic E-state index is 13.1. The number of alkyl halides is 2. The molecule has 0 unspecified atom stereocenters. The predicted molar refractivity (Wildman–Crippen MR) is 53.4 cm³/mol. The van der Waals surface area contributed by atoms with Crippen molar-refractivity contribution in [1.82, 2.24) is 0 Å². The number of halogens is 2. The Labute approximate surface area is 85.1 Å². The highest BCUT2D eigenvalue weighted by molar-refractivity contribution is 5.12. The fourth-order valence-electron chi connectivity index (χ4n) is 2.80. The normalized spacial score (nSPS) is 45.9. The van der Waals surface area contributed by atoms with Gasteiger partial charge in [0.1, 0.15) is 0 Å². The maximum Gasteiger partial charge on any atom is 0.254 e. The standard InChI is InChI=1S/C12H20F2/c1-9(2)10(3)4-6-11(7-5-10)8-12(11,13)14/h9H,4-8H2,1-3H3. The van der Waals surface area contributed by atoms with E-state index < -0.39 is 11.3 Å². The molecule has 2 rings (SSSR count). The summed E-state index contributed by atoms with van der Waals surface area (Å²) in [5.41, 5.74) is -0.259. The van der Waals surface area contributed by atoms with Crippen LogP contribution in [-0.2, 0) is 0 Å². The SMILES string of the molecule is CC(C)C1(C)CCC2(CC1)CC2(F)F. The zero-order valence-electron chi connectivity index (χ0n) is 9.37. The third-order valence-electron chi connectivity index (χ3n) is 4.95. The average molecular weight is 202 g/mol. The molecule has 0 amide bonds. The van der Waals surface area contributed by atoms with Gasteiger partial charge in [-0.3, -0.25) is 0 Å². The highest BCUT2D eigenvalue weighted by atomic mass is 19.3. The van der Waals surface area contributed by atoms with Crippen LogP contribution >= 0.6 is 0 Å². The third kappa shape index (κ3) is 1.30. The van der Waals surface area contributed by atoms with Gasteiger partial charge in [-0.2, -0.15) is 0 Å². The Kier molecular flexibility index (Phi) is 2.01. The summed E-state index contributed by atoms with van der Waals surface area (Å²) in [5, 5.41) is 0. The molecule has 14 heavy (non-hydrogen) atoms. The van der Waals surface area contributed by atoms with E-state index in [0.29, 0.717) is 11.3 Å². The van der Waals surface area contributed by atoms with Gasteiger partial charge in [0.25, 0.3) is 5.92 Å². The van der Waals surface area contributed by atoms with Gasteiger partial charge in [-0.05, 0) is 37.0 Å². The Balaban J connectivity index is 2.00. The zero-order chi connectivity index (χ0) is 10.6. The Morgan fingerprint density at radius 3 is 1.71 bits per heavy atom. The van der Waals surface area contributed by atoms with Gasteiger partial charge in [0.2, 0.25) is 0 Å². The Bertz CT molecular complexity index is 229. The maximum atomic E-state index is 13.1. The van der Waals surface area contributed by atoms with Crippen molar-refractivity contribution in [2.24, 2.45) is 16.7 Å². The molecule has 0 heterocycles. The van der Waals surface area contributed by atoms with Gasteiger partial charge in [-0.15, -0.1) is 0 Å². The van der Waals surface area contributed by atoms with E-state index in [0.717, 1.165) is 25.7 Å². The van der Waals surface area contributed by atoms with Crippen LogP contribution in [0.15, 0.2) is 0 Å². The summed E-state index contributed by atoms with van der Waals surface area (Å²) in [6.07, 6.45) is 3.62. The third-order valence-corrected chi connectivity index (χ3v) is 4.95. The summed E-state index contributed by atoms with van der Waals surface area (Å²) >= 11 is 0. The second-order valence-corrected chi connectivity index (χ2v) is 5.97. The molecule has 0 nitrogen and oxygen atoms in total. The molecular formula is C12H20F2. The number of hydrogen-bond donors (Lipinski definition) is 0. The Morgan fingerprint density at radius 1 is 1.00 bits per heavy atom. The summed E-state index contributed by atoms with van der Waals surface area (Å²) < 4.78 is 26.3. The molecule has 2 fully saturated rings. The highest BCUT2D eigenvalue weighted by Crippen LogP contribution is 2.69. The lowest BCUT2D eigenvalue weighted by molar-refractivity contribution is 0.0138. The molecule has 2 heteroatoms. The van der Waals surface area contributed by atoms with Crippen LogP contribution in [0, 0.1) is 16.7 Å². The van der Waals surface area contributed by atoms with Gasteiger partial charge in [-0.25, -0.2) is 8.78 Å². The Morgan fingerprint density at radius 2 is 1.43 bits per heavy atom. The first-order chi connectivity index (χ1) is 6.31. The molecule has 0 aromatic heterocycles. The van der Waals surface area contributed by atoms with Crippen LogP contribution in [-0.4, -0.2) is 5.92 Å². The lowest BCUT2D eigenvalue weighted by Crippen LogP contribution is -2.32. The van der Waals surface area contributed by atoms with Crippen LogP contribution in [0.3, 0.4) is 0 Å². The van der Waals surface area contributed by atoms with E-state index in [1.54, 1.807) is 0 Å². The van der Waals surface area contributed by atoms with E-state index in [1.165, 1.54) is 0 Å². The predicted octanol–water partition coefficient (Wildman–Crippen LogP) is 4.25. The zero-order valence-corrected chi connectivity index (χ0v) is 9.37. The van der Waals surface area contributed by atoms with E-state index in [2.05, 4.69) is 20.8 Å². The second kappa shape index (κ2) is 2.70. The fourth-order valence-corrected chi connectivity index (χ4v) is 2.80. The smallest absolute Gasteiger partial charge is 0.206 e. The van der Waals surface area contributed by atoms with Crippen LogP contribution in [0.2, 0.25) is 0 Å². The van der Waals surface area contributed by atoms with Gasteiger partial charge in [0, 0.05) is 11.8 Å². The van der Waals surface area contributed by atoms with Gasteiger partial charge in [0.15, 0.2) is 0 Å². The number of rotatable bonds is 1.